The second-order valence-corrected chi connectivity index (χ2v) is 8.90. The van der Waals surface area contributed by atoms with Crippen LogP contribution in [-0.4, -0.2) is 98.5 Å². The molecule has 0 aromatic rings. The lowest BCUT2D eigenvalue weighted by molar-refractivity contribution is -0.0926. The Labute approximate surface area is 160 Å². The van der Waals surface area contributed by atoms with Gasteiger partial charge in [0.25, 0.3) is 0 Å². The first-order chi connectivity index (χ1) is 12.8. The molecule has 0 amide bonds. The van der Waals surface area contributed by atoms with Gasteiger partial charge < -0.3 is 14.4 Å². The Morgan fingerprint density at radius 3 is 1.69 bits per heavy atom. The summed E-state index contributed by atoms with van der Waals surface area (Å²) in [6, 6.07) is 1.38. The molecule has 0 unspecified atom stereocenters. The van der Waals surface area contributed by atoms with Crippen molar-refractivity contribution in [1.82, 2.24) is 14.7 Å². The van der Waals surface area contributed by atoms with Crippen molar-refractivity contribution in [2.45, 2.75) is 75.7 Å². The normalized spacial score (nSPS) is 36.7. The lowest BCUT2D eigenvalue weighted by Gasteiger charge is -2.45. The van der Waals surface area contributed by atoms with Crippen molar-refractivity contribution in [3.8, 4) is 0 Å². The molecule has 4 aliphatic rings. The Bertz CT molecular complexity index is 393. The van der Waals surface area contributed by atoms with Gasteiger partial charge in [-0.05, 0) is 32.7 Å². The number of fused-ring (bicyclic) bond motifs is 2. The maximum atomic E-state index is 6.02. The average Bonchev–Trinajstić information content (AvgIpc) is 2.70. The Morgan fingerprint density at radius 2 is 1.19 bits per heavy atom. The van der Waals surface area contributed by atoms with E-state index in [0.29, 0.717) is 24.3 Å². The van der Waals surface area contributed by atoms with Crippen molar-refractivity contribution in [3.63, 3.8) is 0 Å². The Kier molecular flexibility index (Phi) is 6.87. The fourth-order valence-corrected chi connectivity index (χ4v) is 5.62. The highest BCUT2D eigenvalue weighted by Gasteiger charge is 2.35. The summed E-state index contributed by atoms with van der Waals surface area (Å²) >= 11 is 0. The van der Waals surface area contributed by atoms with E-state index < -0.39 is 0 Å². The largest absolute Gasteiger partial charge is 0.375 e. The monoisotopic (exact) mass is 365 g/mol. The summed E-state index contributed by atoms with van der Waals surface area (Å²) in [6.45, 7) is 8.89. The van der Waals surface area contributed by atoms with Crippen LogP contribution in [-0.2, 0) is 9.47 Å². The van der Waals surface area contributed by atoms with Crippen molar-refractivity contribution in [2.24, 2.45) is 0 Å². The molecule has 4 rings (SSSR count). The third-order valence-electron chi connectivity index (χ3n) is 7.23. The number of nitrogens with zero attached hydrogens (tertiary/aromatic N) is 3. The van der Waals surface area contributed by atoms with E-state index in [-0.39, 0.29) is 0 Å². The summed E-state index contributed by atoms with van der Waals surface area (Å²) in [5.41, 5.74) is 0. The number of hydrogen-bond donors (Lipinski definition) is 0. The Balaban J connectivity index is 1.19. The van der Waals surface area contributed by atoms with Gasteiger partial charge in [-0.2, -0.15) is 0 Å². The molecule has 4 fully saturated rings. The summed E-state index contributed by atoms with van der Waals surface area (Å²) in [7, 11) is 2.30. The minimum Gasteiger partial charge on any atom is -0.375 e. The van der Waals surface area contributed by atoms with Crippen molar-refractivity contribution >= 4 is 0 Å². The zero-order chi connectivity index (χ0) is 17.8. The van der Waals surface area contributed by atoms with E-state index in [0.717, 1.165) is 26.3 Å². The highest BCUT2D eigenvalue weighted by molar-refractivity contribution is 4.89. The van der Waals surface area contributed by atoms with Crippen LogP contribution < -0.4 is 0 Å². The van der Waals surface area contributed by atoms with Crippen LogP contribution >= 0.6 is 0 Å². The lowest BCUT2D eigenvalue weighted by Crippen LogP contribution is -2.55. The molecule has 2 saturated carbocycles. The molecule has 0 aromatic carbocycles. The van der Waals surface area contributed by atoms with Gasteiger partial charge in [-0.3, -0.25) is 9.80 Å². The molecule has 150 valence electrons. The molecule has 4 atom stereocenters. The summed E-state index contributed by atoms with van der Waals surface area (Å²) < 4.78 is 12.0. The molecule has 0 radical (unpaired) electrons. The van der Waals surface area contributed by atoms with Crippen LogP contribution in [0, 0.1) is 0 Å². The topological polar surface area (TPSA) is 28.2 Å². The van der Waals surface area contributed by atoms with Crippen molar-refractivity contribution < 1.29 is 9.47 Å². The molecular formula is C21H39N3O2. The van der Waals surface area contributed by atoms with Crippen molar-refractivity contribution in [2.75, 3.05) is 59.5 Å². The van der Waals surface area contributed by atoms with Crippen LogP contribution in [0.4, 0.5) is 0 Å². The minimum atomic E-state index is 0.513. The van der Waals surface area contributed by atoms with Gasteiger partial charge in [-0.15, -0.1) is 0 Å². The number of morpholine rings is 2. The predicted molar refractivity (Wildman–Crippen MR) is 105 cm³/mol. The summed E-state index contributed by atoms with van der Waals surface area (Å²) in [6.07, 6.45) is 11.7. The minimum absolute atomic E-state index is 0.513. The average molecular weight is 366 g/mol. The van der Waals surface area contributed by atoms with Crippen LogP contribution in [0.5, 0.6) is 0 Å². The maximum absolute atomic E-state index is 6.02. The first kappa shape index (κ1) is 19.1. The van der Waals surface area contributed by atoms with Gasteiger partial charge in [0.05, 0.1) is 25.4 Å². The quantitative estimate of drug-likeness (QED) is 0.720. The van der Waals surface area contributed by atoms with E-state index >= 15 is 0 Å². The van der Waals surface area contributed by atoms with E-state index in [1.807, 2.05) is 0 Å². The van der Waals surface area contributed by atoms with E-state index in [4.69, 9.17) is 9.47 Å². The molecule has 0 N–H and O–H groups in total. The molecule has 0 bridgehead atoms. The Morgan fingerprint density at radius 1 is 0.731 bits per heavy atom. The van der Waals surface area contributed by atoms with E-state index in [1.165, 1.54) is 77.5 Å². The standard InChI is InChI=1S/C21H39N3O2/c1-22(10-12-23-14-16-25-20-8-4-2-6-18(20)23)11-13-24-15-17-26-21-9-5-3-7-19(21)24/h18-21H,2-17H2,1H3/t18-,19+,20+,21-. The van der Waals surface area contributed by atoms with Gasteiger partial charge in [0.15, 0.2) is 0 Å². The van der Waals surface area contributed by atoms with Crippen molar-refractivity contribution in [1.29, 1.82) is 0 Å². The molecule has 2 aliphatic carbocycles. The van der Waals surface area contributed by atoms with Crippen LogP contribution in [0.15, 0.2) is 0 Å². The van der Waals surface area contributed by atoms with Gasteiger partial charge >= 0.3 is 0 Å². The van der Waals surface area contributed by atoms with Crippen LogP contribution in [0.1, 0.15) is 51.4 Å². The summed E-state index contributed by atoms with van der Waals surface area (Å²) in [5, 5.41) is 0. The third-order valence-corrected chi connectivity index (χ3v) is 7.23. The third kappa shape index (κ3) is 4.61. The second kappa shape index (κ2) is 9.33. The van der Waals surface area contributed by atoms with Crippen molar-refractivity contribution in [3.05, 3.63) is 0 Å². The van der Waals surface area contributed by atoms with E-state index in [9.17, 15) is 0 Å². The second-order valence-electron chi connectivity index (χ2n) is 8.90. The molecule has 26 heavy (non-hydrogen) atoms. The van der Waals surface area contributed by atoms with Gasteiger partial charge in [-0.25, -0.2) is 0 Å². The van der Waals surface area contributed by atoms with Crippen LogP contribution in [0.3, 0.4) is 0 Å². The SMILES string of the molecule is CN(CCN1CCO[C@H]2CCCC[C@H]21)CCN1CCO[C@@H]2CCCC[C@@H]21. The zero-order valence-electron chi connectivity index (χ0n) is 16.8. The smallest absolute Gasteiger partial charge is 0.0730 e. The summed E-state index contributed by atoms with van der Waals surface area (Å²) in [5.74, 6) is 0. The molecular weight excluding hydrogens is 326 g/mol. The number of ether oxygens (including phenoxy) is 2. The molecule has 2 aliphatic heterocycles. The first-order valence-corrected chi connectivity index (χ1v) is 11.2. The van der Waals surface area contributed by atoms with Gasteiger partial charge in [0.1, 0.15) is 0 Å². The van der Waals surface area contributed by atoms with E-state index in [1.54, 1.807) is 0 Å². The van der Waals surface area contributed by atoms with Gasteiger partial charge in [0.2, 0.25) is 0 Å². The lowest BCUT2D eigenvalue weighted by atomic mass is 9.90. The van der Waals surface area contributed by atoms with Crippen LogP contribution in [0.25, 0.3) is 0 Å². The summed E-state index contributed by atoms with van der Waals surface area (Å²) in [4.78, 5) is 7.98. The number of rotatable bonds is 6. The number of likely N-dealkylation sites (N-methyl/N-ethyl adjacent to an activating group) is 1. The fraction of sp³-hybridized carbons (Fsp3) is 1.00. The fourth-order valence-electron chi connectivity index (χ4n) is 5.62. The highest BCUT2D eigenvalue weighted by atomic mass is 16.5. The molecule has 5 heteroatoms. The van der Waals surface area contributed by atoms with Gasteiger partial charge in [-0.1, -0.05) is 25.7 Å². The Hall–Kier alpha value is -0.200. The predicted octanol–water partition coefficient (Wildman–Crippen LogP) is 2.21. The van der Waals surface area contributed by atoms with Crippen LogP contribution in [0.2, 0.25) is 0 Å². The maximum Gasteiger partial charge on any atom is 0.0730 e. The molecule has 0 spiro atoms. The molecule has 5 nitrogen and oxygen atoms in total. The van der Waals surface area contributed by atoms with Gasteiger partial charge in [0, 0.05) is 51.4 Å². The molecule has 2 heterocycles. The molecule has 0 aromatic heterocycles. The van der Waals surface area contributed by atoms with E-state index in [2.05, 4.69) is 21.7 Å². The number of hydrogen-bond acceptors (Lipinski definition) is 5. The molecule has 2 saturated heterocycles. The first-order valence-electron chi connectivity index (χ1n) is 11.2. The highest BCUT2D eigenvalue weighted by Crippen LogP contribution is 2.29. The zero-order valence-corrected chi connectivity index (χ0v) is 16.8.